The van der Waals surface area contributed by atoms with Gasteiger partial charge in [-0.15, -0.1) is 11.3 Å². The molecule has 10 heteroatoms. The Hall–Kier alpha value is -4.05. The van der Waals surface area contributed by atoms with Gasteiger partial charge in [-0.1, -0.05) is 0 Å². The second-order valence-corrected chi connectivity index (χ2v) is 7.51. The predicted octanol–water partition coefficient (Wildman–Crippen LogP) is 3.68. The number of carbonyl (C=O) groups is 2. The Morgan fingerprint density at radius 3 is 2.75 bits per heavy atom. The highest BCUT2D eigenvalue weighted by Gasteiger charge is 2.18. The van der Waals surface area contributed by atoms with Gasteiger partial charge in [-0.05, 0) is 30.5 Å². The Kier molecular flexibility index (Phi) is 6.22. The van der Waals surface area contributed by atoms with Gasteiger partial charge in [0, 0.05) is 41.4 Å². The van der Waals surface area contributed by atoms with Crippen molar-refractivity contribution in [3.63, 3.8) is 0 Å². The highest BCUT2D eigenvalue weighted by molar-refractivity contribution is 7.17. The van der Waals surface area contributed by atoms with Crippen LogP contribution in [0.2, 0.25) is 0 Å². The Morgan fingerprint density at radius 2 is 1.97 bits per heavy atom. The van der Waals surface area contributed by atoms with Gasteiger partial charge < -0.3 is 20.5 Å². The topological polar surface area (TPSA) is 129 Å². The van der Waals surface area contributed by atoms with Crippen LogP contribution in [0.25, 0.3) is 10.1 Å². The zero-order valence-corrected chi connectivity index (χ0v) is 17.9. The number of amides is 1. The van der Waals surface area contributed by atoms with Crippen molar-refractivity contribution in [3.05, 3.63) is 71.3 Å². The molecular weight excluding hydrogens is 430 g/mol. The van der Waals surface area contributed by atoms with Crippen LogP contribution in [0, 0.1) is 0 Å². The monoisotopic (exact) mass is 449 g/mol. The van der Waals surface area contributed by atoms with Crippen LogP contribution in [-0.4, -0.2) is 33.4 Å². The van der Waals surface area contributed by atoms with E-state index in [4.69, 9.17) is 15.2 Å². The van der Waals surface area contributed by atoms with Gasteiger partial charge in [-0.3, -0.25) is 14.8 Å². The van der Waals surface area contributed by atoms with Gasteiger partial charge >= 0.3 is 5.97 Å². The van der Waals surface area contributed by atoms with Gasteiger partial charge in [0.2, 0.25) is 0 Å². The van der Waals surface area contributed by atoms with Crippen LogP contribution in [0.1, 0.15) is 33.2 Å². The largest absolute Gasteiger partial charge is 0.487 e. The van der Waals surface area contributed by atoms with Crippen LogP contribution in [0.15, 0.2) is 54.6 Å². The molecule has 4 heterocycles. The predicted molar refractivity (Wildman–Crippen MR) is 121 cm³/mol. The highest BCUT2D eigenvalue weighted by atomic mass is 32.1. The number of anilines is 2. The summed E-state index contributed by atoms with van der Waals surface area (Å²) in [5.74, 6) is -0.0459. The van der Waals surface area contributed by atoms with Gasteiger partial charge in [0.1, 0.15) is 18.2 Å². The Labute approximate surface area is 187 Å². The molecule has 0 aliphatic carbocycles. The van der Waals surface area contributed by atoms with E-state index in [2.05, 4.69) is 20.3 Å². The molecule has 9 nitrogen and oxygen atoms in total. The van der Waals surface area contributed by atoms with Gasteiger partial charge in [0.25, 0.3) is 5.91 Å². The lowest BCUT2D eigenvalue weighted by atomic mass is 10.1. The van der Waals surface area contributed by atoms with Gasteiger partial charge in [0.05, 0.1) is 28.6 Å². The average molecular weight is 449 g/mol. The van der Waals surface area contributed by atoms with E-state index >= 15 is 0 Å². The number of pyridine rings is 3. The maximum Gasteiger partial charge on any atom is 0.341 e. The maximum absolute atomic E-state index is 12.5. The van der Waals surface area contributed by atoms with E-state index in [1.165, 1.54) is 29.9 Å². The molecule has 0 saturated carbocycles. The normalized spacial score (nSPS) is 10.7. The molecule has 0 aliphatic rings. The minimum Gasteiger partial charge on any atom is -0.487 e. The molecule has 0 spiro atoms. The molecule has 0 aromatic carbocycles. The van der Waals surface area contributed by atoms with Crippen LogP contribution in [0.5, 0.6) is 5.75 Å². The molecule has 0 saturated heterocycles. The lowest BCUT2D eigenvalue weighted by Crippen LogP contribution is -2.12. The van der Waals surface area contributed by atoms with E-state index in [1.807, 2.05) is 5.38 Å². The molecule has 4 rings (SSSR count). The minimum absolute atomic E-state index is 0.162. The highest BCUT2D eigenvalue weighted by Crippen LogP contribution is 2.33. The summed E-state index contributed by atoms with van der Waals surface area (Å²) in [6.45, 7) is 2.17. The first-order valence-corrected chi connectivity index (χ1v) is 10.6. The molecule has 4 aromatic heterocycles. The number of hydrogen-bond donors (Lipinski definition) is 2. The summed E-state index contributed by atoms with van der Waals surface area (Å²) in [4.78, 5) is 36.8. The molecule has 0 aliphatic heterocycles. The van der Waals surface area contributed by atoms with E-state index in [-0.39, 0.29) is 19.1 Å². The maximum atomic E-state index is 12.5. The number of nitrogens with two attached hydrogens (primary N) is 1. The summed E-state index contributed by atoms with van der Waals surface area (Å²) < 4.78 is 11.6. The third-order valence-corrected chi connectivity index (χ3v) is 5.57. The quantitative estimate of drug-likeness (QED) is 0.409. The zero-order chi connectivity index (χ0) is 22.5. The van der Waals surface area contributed by atoms with Crippen LogP contribution in [0.3, 0.4) is 0 Å². The summed E-state index contributed by atoms with van der Waals surface area (Å²) in [6.07, 6.45) is 7.57. The molecule has 0 radical (unpaired) electrons. The standard InChI is InChI=1S/C22H19N5O4S/c1-2-30-22(29)17-10-26-20(23)18-14(12-32-19(17)18)11-31-16-7-13(8-25-9-16)21(28)27-15-3-5-24-6-4-15/h3-10,12H,2,11H2,1H3,(H2,23,26)(H,24,27,28). The Bertz CT molecular complexity index is 1280. The van der Waals surface area contributed by atoms with Crippen molar-refractivity contribution in [2.45, 2.75) is 13.5 Å². The number of thiophene rings is 1. The van der Waals surface area contributed by atoms with Gasteiger partial charge in [-0.2, -0.15) is 0 Å². The van der Waals surface area contributed by atoms with Crippen LogP contribution >= 0.6 is 11.3 Å². The fraction of sp³-hybridized carbons (Fsp3) is 0.136. The van der Waals surface area contributed by atoms with Crippen molar-refractivity contribution < 1.29 is 19.1 Å². The number of fused-ring (bicyclic) bond motifs is 1. The summed E-state index contributed by atoms with van der Waals surface area (Å²) in [7, 11) is 0. The van der Waals surface area contributed by atoms with Crippen LogP contribution in [0.4, 0.5) is 11.5 Å². The van der Waals surface area contributed by atoms with E-state index in [9.17, 15) is 9.59 Å². The number of esters is 1. The van der Waals surface area contributed by atoms with E-state index in [1.54, 1.807) is 37.5 Å². The van der Waals surface area contributed by atoms with Crippen LogP contribution in [-0.2, 0) is 11.3 Å². The molecule has 3 N–H and O–H groups in total. The molecule has 0 atom stereocenters. The van der Waals surface area contributed by atoms with E-state index < -0.39 is 5.97 Å². The number of rotatable bonds is 7. The molecule has 0 fully saturated rings. The summed E-state index contributed by atoms with van der Waals surface area (Å²) in [6, 6.07) is 4.98. The van der Waals surface area contributed by atoms with Gasteiger partial charge in [-0.25, -0.2) is 9.78 Å². The molecule has 0 unspecified atom stereocenters. The number of hydrogen-bond acceptors (Lipinski definition) is 9. The van der Waals surface area contributed by atoms with Gasteiger partial charge in [0.15, 0.2) is 0 Å². The Balaban J connectivity index is 1.52. The van der Waals surface area contributed by atoms with Crippen molar-refractivity contribution in [2.75, 3.05) is 17.7 Å². The molecule has 32 heavy (non-hydrogen) atoms. The molecular formula is C22H19N5O4S. The fourth-order valence-corrected chi connectivity index (χ4v) is 4.07. The lowest BCUT2D eigenvalue weighted by molar-refractivity contribution is 0.0528. The smallest absolute Gasteiger partial charge is 0.341 e. The SMILES string of the molecule is CCOC(=O)c1cnc(N)c2c(COc3cncc(C(=O)Nc4ccncc4)c3)csc12. The lowest BCUT2D eigenvalue weighted by Gasteiger charge is -2.09. The van der Waals surface area contributed by atoms with Crippen molar-refractivity contribution in [1.29, 1.82) is 0 Å². The third-order valence-electron chi connectivity index (χ3n) is 4.50. The van der Waals surface area contributed by atoms with E-state index in [0.29, 0.717) is 38.5 Å². The molecule has 4 aromatic rings. The van der Waals surface area contributed by atoms with Crippen molar-refractivity contribution >= 4 is 44.8 Å². The molecule has 0 bridgehead atoms. The zero-order valence-electron chi connectivity index (χ0n) is 17.1. The number of nitrogen functional groups attached to an aromatic ring is 1. The first-order chi connectivity index (χ1) is 15.6. The average Bonchev–Trinajstić information content (AvgIpc) is 3.24. The summed E-state index contributed by atoms with van der Waals surface area (Å²) in [5, 5.41) is 5.29. The summed E-state index contributed by atoms with van der Waals surface area (Å²) >= 11 is 1.37. The summed E-state index contributed by atoms with van der Waals surface area (Å²) in [5.41, 5.74) is 8.18. The fourth-order valence-electron chi connectivity index (χ4n) is 3.01. The van der Waals surface area contributed by atoms with Crippen molar-refractivity contribution in [1.82, 2.24) is 15.0 Å². The van der Waals surface area contributed by atoms with Crippen LogP contribution < -0.4 is 15.8 Å². The first-order valence-electron chi connectivity index (χ1n) is 9.67. The number of nitrogens with one attached hydrogen (secondary N) is 1. The Morgan fingerprint density at radius 1 is 1.16 bits per heavy atom. The molecule has 1 amide bonds. The molecule has 162 valence electrons. The van der Waals surface area contributed by atoms with Crippen molar-refractivity contribution in [3.8, 4) is 5.75 Å². The third kappa shape index (κ3) is 4.49. The number of nitrogens with zero attached hydrogens (tertiary/aromatic N) is 3. The second kappa shape index (κ2) is 9.40. The van der Waals surface area contributed by atoms with E-state index in [0.717, 1.165) is 5.56 Å². The number of ether oxygens (including phenoxy) is 2. The number of aromatic nitrogens is 3. The second-order valence-electron chi connectivity index (χ2n) is 6.63. The van der Waals surface area contributed by atoms with Crippen molar-refractivity contribution in [2.24, 2.45) is 0 Å². The minimum atomic E-state index is -0.448. The number of carbonyl (C=O) groups excluding carboxylic acids is 2. The first kappa shape index (κ1) is 21.2.